The molecule has 0 heterocycles. The number of hydrogen-bond acceptors (Lipinski definition) is 2. The predicted molar refractivity (Wildman–Crippen MR) is 79.4 cm³/mol. The lowest BCUT2D eigenvalue weighted by atomic mass is 10.1. The van der Waals surface area contributed by atoms with E-state index in [1.54, 1.807) is 23.9 Å². The third kappa shape index (κ3) is 3.90. The van der Waals surface area contributed by atoms with E-state index in [2.05, 4.69) is 0 Å². The Morgan fingerprint density at radius 2 is 1.79 bits per heavy atom. The first kappa shape index (κ1) is 14.3. The van der Waals surface area contributed by atoms with Crippen molar-refractivity contribution >= 4 is 40.9 Å². The van der Waals surface area contributed by atoms with Crippen LogP contribution in [0.25, 0.3) is 0 Å². The summed E-state index contributed by atoms with van der Waals surface area (Å²) in [5.41, 5.74) is 1.11. The van der Waals surface area contributed by atoms with Gasteiger partial charge in [-0.3, -0.25) is 0 Å². The number of carboxylic acids is 1. The second kappa shape index (κ2) is 6.33. The van der Waals surface area contributed by atoms with Gasteiger partial charge in [0.05, 0.1) is 5.56 Å². The van der Waals surface area contributed by atoms with Crippen LogP contribution in [0.3, 0.4) is 0 Å². The van der Waals surface area contributed by atoms with Crippen LogP contribution in [0.15, 0.2) is 47.4 Å². The topological polar surface area (TPSA) is 37.3 Å². The molecular formula is C14H10Cl2O2S. The van der Waals surface area contributed by atoms with Crippen molar-refractivity contribution in [3.63, 3.8) is 0 Å². The van der Waals surface area contributed by atoms with Gasteiger partial charge >= 0.3 is 5.97 Å². The summed E-state index contributed by atoms with van der Waals surface area (Å²) >= 11 is 13.5. The van der Waals surface area contributed by atoms with Crippen LogP contribution in [0.4, 0.5) is 0 Å². The second-order valence-electron chi connectivity index (χ2n) is 3.85. The highest BCUT2D eigenvalue weighted by Gasteiger charge is 2.07. The van der Waals surface area contributed by atoms with E-state index in [-0.39, 0.29) is 5.56 Å². The van der Waals surface area contributed by atoms with Crippen LogP contribution in [-0.2, 0) is 5.75 Å². The van der Waals surface area contributed by atoms with E-state index in [1.807, 2.05) is 24.3 Å². The number of thioether (sulfide) groups is 1. The van der Waals surface area contributed by atoms with Gasteiger partial charge in [0.1, 0.15) is 0 Å². The highest BCUT2D eigenvalue weighted by atomic mass is 35.5. The van der Waals surface area contributed by atoms with Crippen molar-refractivity contribution in [1.29, 1.82) is 0 Å². The fourth-order valence-corrected chi connectivity index (χ4v) is 2.84. The van der Waals surface area contributed by atoms with Gasteiger partial charge in [-0.05, 0) is 42.0 Å². The Balaban J connectivity index is 2.07. The van der Waals surface area contributed by atoms with Crippen molar-refractivity contribution in [2.45, 2.75) is 10.6 Å². The van der Waals surface area contributed by atoms with E-state index in [0.717, 1.165) is 10.5 Å². The number of benzene rings is 2. The molecule has 0 spiro atoms. The van der Waals surface area contributed by atoms with Gasteiger partial charge in [0.2, 0.25) is 0 Å². The van der Waals surface area contributed by atoms with Crippen LogP contribution < -0.4 is 0 Å². The van der Waals surface area contributed by atoms with Gasteiger partial charge in [-0.1, -0.05) is 29.3 Å². The molecule has 0 atom stereocenters. The Morgan fingerprint density at radius 1 is 1.11 bits per heavy atom. The van der Waals surface area contributed by atoms with E-state index in [1.165, 1.54) is 6.07 Å². The molecule has 5 heteroatoms. The summed E-state index contributed by atoms with van der Waals surface area (Å²) < 4.78 is 0. The van der Waals surface area contributed by atoms with Crippen LogP contribution in [0.1, 0.15) is 15.9 Å². The molecule has 0 saturated carbocycles. The zero-order chi connectivity index (χ0) is 13.8. The predicted octanol–water partition coefficient (Wildman–Crippen LogP) is 4.98. The Labute approximate surface area is 125 Å². The van der Waals surface area contributed by atoms with Crippen molar-refractivity contribution in [2.75, 3.05) is 0 Å². The number of aromatic carboxylic acids is 1. The van der Waals surface area contributed by atoms with E-state index in [4.69, 9.17) is 28.3 Å². The third-order valence-corrected chi connectivity index (χ3v) is 4.17. The van der Waals surface area contributed by atoms with Gasteiger partial charge < -0.3 is 5.11 Å². The van der Waals surface area contributed by atoms with Crippen molar-refractivity contribution in [3.05, 3.63) is 63.6 Å². The van der Waals surface area contributed by atoms with Gasteiger partial charge in [-0.2, -0.15) is 0 Å². The monoisotopic (exact) mass is 312 g/mol. The summed E-state index contributed by atoms with van der Waals surface area (Å²) in [7, 11) is 0. The van der Waals surface area contributed by atoms with Crippen LogP contribution >= 0.6 is 35.0 Å². The first-order chi connectivity index (χ1) is 9.06. The zero-order valence-corrected chi connectivity index (χ0v) is 12.1. The average Bonchev–Trinajstić information content (AvgIpc) is 2.39. The number of rotatable bonds is 4. The van der Waals surface area contributed by atoms with Crippen molar-refractivity contribution in [3.8, 4) is 0 Å². The lowest BCUT2D eigenvalue weighted by Crippen LogP contribution is -1.96. The molecule has 98 valence electrons. The molecule has 0 aromatic heterocycles. The fraction of sp³-hybridized carbons (Fsp3) is 0.0714. The van der Waals surface area contributed by atoms with Crippen LogP contribution in [0.2, 0.25) is 10.0 Å². The largest absolute Gasteiger partial charge is 0.478 e. The van der Waals surface area contributed by atoms with Crippen LogP contribution in [0.5, 0.6) is 0 Å². The SMILES string of the molecule is O=C(O)c1ccc(CSc2ccc(Cl)cc2)c(Cl)c1. The summed E-state index contributed by atoms with van der Waals surface area (Å²) in [6.45, 7) is 0. The Hall–Kier alpha value is -1.16. The maximum atomic E-state index is 10.8. The van der Waals surface area contributed by atoms with Gasteiger partial charge in [0.25, 0.3) is 0 Å². The molecule has 0 radical (unpaired) electrons. The highest BCUT2D eigenvalue weighted by Crippen LogP contribution is 2.28. The molecule has 0 bridgehead atoms. The second-order valence-corrected chi connectivity index (χ2v) is 5.75. The zero-order valence-electron chi connectivity index (χ0n) is 9.77. The molecule has 0 aliphatic heterocycles. The molecule has 0 amide bonds. The first-order valence-electron chi connectivity index (χ1n) is 5.46. The number of halogens is 2. The minimum Gasteiger partial charge on any atom is -0.478 e. The molecule has 0 saturated heterocycles. The highest BCUT2D eigenvalue weighted by molar-refractivity contribution is 7.98. The molecule has 2 nitrogen and oxygen atoms in total. The minimum atomic E-state index is -0.973. The standard InChI is InChI=1S/C14H10Cl2O2S/c15-11-3-5-12(6-4-11)19-8-10-2-1-9(14(17)18)7-13(10)16/h1-7H,8H2,(H,17,18). The number of carboxylic acid groups (broad SMARTS) is 1. The molecule has 0 unspecified atom stereocenters. The maximum Gasteiger partial charge on any atom is 0.335 e. The van der Waals surface area contributed by atoms with Gasteiger partial charge in [-0.15, -0.1) is 11.8 Å². The normalized spacial score (nSPS) is 10.4. The van der Waals surface area contributed by atoms with E-state index in [0.29, 0.717) is 15.8 Å². The van der Waals surface area contributed by atoms with Gasteiger partial charge in [-0.25, -0.2) is 4.79 Å². The average molecular weight is 313 g/mol. The molecular weight excluding hydrogens is 303 g/mol. The van der Waals surface area contributed by atoms with E-state index >= 15 is 0 Å². The fourth-order valence-electron chi connectivity index (χ4n) is 1.49. The van der Waals surface area contributed by atoms with Crippen molar-refractivity contribution < 1.29 is 9.90 Å². The number of carbonyl (C=O) groups is 1. The van der Waals surface area contributed by atoms with Crippen LogP contribution in [0, 0.1) is 0 Å². The van der Waals surface area contributed by atoms with Crippen LogP contribution in [-0.4, -0.2) is 11.1 Å². The molecule has 2 rings (SSSR count). The summed E-state index contributed by atoms with van der Waals surface area (Å²) in [6.07, 6.45) is 0. The molecule has 0 aliphatic rings. The lowest BCUT2D eigenvalue weighted by Gasteiger charge is -2.05. The lowest BCUT2D eigenvalue weighted by molar-refractivity contribution is 0.0697. The summed E-state index contributed by atoms with van der Waals surface area (Å²) in [5.74, 6) is -0.292. The first-order valence-corrected chi connectivity index (χ1v) is 7.20. The van der Waals surface area contributed by atoms with Crippen molar-refractivity contribution in [2.24, 2.45) is 0 Å². The minimum absolute atomic E-state index is 0.199. The van der Waals surface area contributed by atoms with Gasteiger partial charge in [0.15, 0.2) is 0 Å². The van der Waals surface area contributed by atoms with E-state index in [9.17, 15) is 4.79 Å². The molecule has 2 aromatic rings. The Kier molecular flexibility index (Phi) is 4.75. The van der Waals surface area contributed by atoms with Crippen molar-refractivity contribution in [1.82, 2.24) is 0 Å². The molecule has 19 heavy (non-hydrogen) atoms. The Morgan fingerprint density at radius 3 is 2.37 bits per heavy atom. The van der Waals surface area contributed by atoms with E-state index < -0.39 is 5.97 Å². The smallest absolute Gasteiger partial charge is 0.335 e. The molecule has 0 aliphatic carbocycles. The Bertz CT molecular complexity index is 597. The quantitative estimate of drug-likeness (QED) is 0.809. The summed E-state index contributed by atoms with van der Waals surface area (Å²) in [6, 6.07) is 12.3. The summed E-state index contributed by atoms with van der Waals surface area (Å²) in [5, 5.41) is 10.0. The molecule has 0 fully saturated rings. The van der Waals surface area contributed by atoms with Gasteiger partial charge in [0, 0.05) is 20.7 Å². The summed E-state index contributed by atoms with van der Waals surface area (Å²) in [4.78, 5) is 11.9. The molecule has 2 aromatic carbocycles. The number of hydrogen-bond donors (Lipinski definition) is 1. The maximum absolute atomic E-state index is 10.8. The third-order valence-electron chi connectivity index (χ3n) is 2.51. The molecule has 1 N–H and O–H groups in total.